The average molecular weight is 280 g/mol. The topological polar surface area (TPSA) is 86.9 Å². The lowest BCUT2D eigenvalue weighted by atomic mass is 10.2. The molecule has 1 aromatic heterocycles. The molecule has 102 valence electrons. The quantitative estimate of drug-likeness (QED) is 0.769. The van der Waals surface area contributed by atoms with Crippen LogP contribution in [0.1, 0.15) is 11.1 Å². The summed E-state index contributed by atoms with van der Waals surface area (Å²) in [4.78, 5) is 0. The van der Waals surface area contributed by atoms with Crippen molar-refractivity contribution in [2.75, 3.05) is 11.8 Å². The van der Waals surface area contributed by atoms with E-state index in [4.69, 9.17) is 0 Å². The molecule has 19 heavy (non-hydrogen) atoms. The molecule has 1 aromatic carbocycles. The summed E-state index contributed by atoms with van der Waals surface area (Å²) >= 11 is 0. The first kappa shape index (κ1) is 13.6. The van der Waals surface area contributed by atoms with E-state index in [-0.39, 0.29) is 5.03 Å². The summed E-state index contributed by atoms with van der Waals surface area (Å²) < 4.78 is 27.1. The van der Waals surface area contributed by atoms with E-state index >= 15 is 0 Å². The summed E-state index contributed by atoms with van der Waals surface area (Å²) in [5, 5.41) is 9.30. The van der Waals surface area contributed by atoms with Crippen molar-refractivity contribution < 1.29 is 8.42 Å². The molecule has 0 fully saturated rings. The molecule has 0 aliphatic rings. The third-order valence-electron chi connectivity index (χ3n) is 2.58. The lowest BCUT2D eigenvalue weighted by Gasteiger charge is -2.08. The summed E-state index contributed by atoms with van der Waals surface area (Å²) in [6.07, 6.45) is 1.50. The zero-order valence-electron chi connectivity index (χ0n) is 10.8. The van der Waals surface area contributed by atoms with Gasteiger partial charge < -0.3 is 5.32 Å². The van der Waals surface area contributed by atoms with Gasteiger partial charge in [-0.25, -0.2) is 0 Å². The highest BCUT2D eigenvalue weighted by Crippen LogP contribution is 2.18. The molecule has 3 N–H and O–H groups in total. The molecule has 0 aliphatic carbocycles. The molecule has 0 atom stereocenters. The monoisotopic (exact) mass is 280 g/mol. The van der Waals surface area contributed by atoms with Crippen molar-refractivity contribution in [1.29, 1.82) is 0 Å². The first-order valence-electron chi connectivity index (χ1n) is 5.79. The third-order valence-corrected chi connectivity index (χ3v) is 3.98. The smallest absolute Gasteiger partial charge is 0.279 e. The largest absolute Gasteiger partial charge is 0.316 e. The summed E-state index contributed by atoms with van der Waals surface area (Å²) in [6, 6.07) is 7.18. The number of nitrogens with one attached hydrogen (secondary N) is 3. The van der Waals surface area contributed by atoms with Gasteiger partial charge in [-0.1, -0.05) is 12.1 Å². The fraction of sp³-hybridized carbons (Fsp3) is 0.250. The van der Waals surface area contributed by atoms with E-state index in [0.29, 0.717) is 17.8 Å². The van der Waals surface area contributed by atoms with Crippen molar-refractivity contribution in [2.45, 2.75) is 18.5 Å². The number of aromatic amines is 1. The van der Waals surface area contributed by atoms with Gasteiger partial charge in [0.2, 0.25) is 0 Å². The van der Waals surface area contributed by atoms with Crippen LogP contribution in [0.3, 0.4) is 0 Å². The maximum Gasteiger partial charge on any atom is 0.279 e. The van der Waals surface area contributed by atoms with Crippen molar-refractivity contribution in [2.24, 2.45) is 0 Å². The lowest BCUT2D eigenvalue weighted by molar-refractivity contribution is 0.595. The Bertz CT molecular complexity index is 664. The Hall–Kier alpha value is -1.86. The van der Waals surface area contributed by atoms with Crippen LogP contribution in [0.5, 0.6) is 0 Å². The summed E-state index contributed by atoms with van der Waals surface area (Å²) in [6.45, 7) is 2.33. The van der Waals surface area contributed by atoms with Gasteiger partial charge in [0.25, 0.3) is 10.0 Å². The van der Waals surface area contributed by atoms with Crippen LogP contribution in [0.4, 0.5) is 5.69 Å². The molecule has 2 aromatic rings. The molecule has 0 saturated heterocycles. The molecule has 1 heterocycles. The van der Waals surface area contributed by atoms with E-state index in [1.54, 1.807) is 25.2 Å². The van der Waals surface area contributed by atoms with Crippen LogP contribution in [-0.2, 0) is 16.6 Å². The molecule has 0 spiro atoms. The maximum absolute atomic E-state index is 12.3. The molecule has 0 saturated carbocycles. The predicted octanol–water partition coefficient (Wildman–Crippen LogP) is 1.24. The number of rotatable bonds is 5. The lowest BCUT2D eigenvalue weighted by Crippen LogP contribution is -2.17. The van der Waals surface area contributed by atoms with Crippen molar-refractivity contribution in [3.05, 3.63) is 41.6 Å². The Labute approximate surface area is 112 Å². The van der Waals surface area contributed by atoms with Crippen LogP contribution in [0.25, 0.3) is 0 Å². The van der Waals surface area contributed by atoms with Gasteiger partial charge in [-0.15, -0.1) is 0 Å². The molecule has 7 heteroatoms. The number of hydrogen-bond acceptors (Lipinski definition) is 4. The summed E-state index contributed by atoms with van der Waals surface area (Å²) in [5.41, 5.74) is 2.12. The van der Waals surface area contributed by atoms with Gasteiger partial charge in [-0.3, -0.25) is 9.82 Å². The van der Waals surface area contributed by atoms with Crippen molar-refractivity contribution in [1.82, 2.24) is 15.5 Å². The van der Waals surface area contributed by atoms with E-state index in [1.807, 2.05) is 13.0 Å². The Balaban J connectivity index is 2.30. The number of aromatic nitrogens is 2. The second kappa shape index (κ2) is 5.41. The highest BCUT2D eigenvalue weighted by Gasteiger charge is 2.20. The predicted molar refractivity (Wildman–Crippen MR) is 73.3 cm³/mol. The zero-order valence-corrected chi connectivity index (χ0v) is 11.6. The van der Waals surface area contributed by atoms with Crippen molar-refractivity contribution >= 4 is 15.7 Å². The minimum atomic E-state index is -3.65. The van der Waals surface area contributed by atoms with Gasteiger partial charge in [0.15, 0.2) is 5.03 Å². The van der Waals surface area contributed by atoms with Crippen LogP contribution >= 0.6 is 0 Å². The van der Waals surface area contributed by atoms with E-state index < -0.39 is 10.0 Å². The summed E-state index contributed by atoms with van der Waals surface area (Å²) in [7, 11) is -1.90. The Kier molecular flexibility index (Phi) is 3.87. The first-order chi connectivity index (χ1) is 9.03. The average Bonchev–Trinajstić information content (AvgIpc) is 2.78. The standard InChI is InChI=1S/C12H16N4O2S/c1-9-4-3-5-11(6-9)16-19(17,18)12-10(7-13-2)8-14-15-12/h3-6,8,13,16H,7H2,1-2H3,(H,14,15). The van der Waals surface area contributed by atoms with E-state index in [9.17, 15) is 8.42 Å². The van der Waals surface area contributed by atoms with Gasteiger partial charge >= 0.3 is 0 Å². The number of nitrogens with zero attached hydrogens (tertiary/aromatic N) is 1. The Morgan fingerprint density at radius 1 is 1.37 bits per heavy atom. The van der Waals surface area contributed by atoms with Gasteiger partial charge in [0.05, 0.1) is 6.20 Å². The molecular weight excluding hydrogens is 264 g/mol. The molecule has 0 aliphatic heterocycles. The van der Waals surface area contributed by atoms with E-state index in [1.165, 1.54) is 6.20 Å². The van der Waals surface area contributed by atoms with Crippen molar-refractivity contribution in [3.63, 3.8) is 0 Å². The molecule has 6 nitrogen and oxygen atoms in total. The molecule has 0 unspecified atom stereocenters. The summed E-state index contributed by atoms with van der Waals surface area (Å²) in [5.74, 6) is 0. The van der Waals surface area contributed by atoms with Crippen LogP contribution in [-0.4, -0.2) is 25.7 Å². The van der Waals surface area contributed by atoms with Gasteiger partial charge in [-0.2, -0.15) is 13.5 Å². The van der Waals surface area contributed by atoms with Crippen LogP contribution in [0, 0.1) is 6.92 Å². The number of aryl methyl sites for hydroxylation is 1. The molecule has 2 rings (SSSR count). The highest BCUT2D eigenvalue weighted by molar-refractivity contribution is 7.92. The van der Waals surface area contributed by atoms with E-state index in [2.05, 4.69) is 20.2 Å². The number of benzene rings is 1. The van der Waals surface area contributed by atoms with Crippen molar-refractivity contribution in [3.8, 4) is 0 Å². The van der Waals surface area contributed by atoms with Gasteiger partial charge in [-0.05, 0) is 31.7 Å². The van der Waals surface area contributed by atoms with Gasteiger partial charge in [0, 0.05) is 17.8 Å². The number of sulfonamides is 1. The second-order valence-corrected chi connectivity index (χ2v) is 5.85. The number of anilines is 1. The fourth-order valence-electron chi connectivity index (χ4n) is 1.76. The minimum absolute atomic E-state index is 0.0864. The minimum Gasteiger partial charge on any atom is -0.316 e. The Morgan fingerprint density at radius 3 is 2.84 bits per heavy atom. The van der Waals surface area contributed by atoms with Crippen LogP contribution < -0.4 is 10.0 Å². The number of H-pyrrole nitrogens is 1. The SMILES string of the molecule is CNCc1cn[nH]c1S(=O)(=O)Nc1cccc(C)c1. The Morgan fingerprint density at radius 2 is 2.16 bits per heavy atom. The highest BCUT2D eigenvalue weighted by atomic mass is 32.2. The van der Waals surface area contributed by atoms with Gasteiger partial charge in [0.1, 0.15) is 0 Å². The molecule has 0 bridgehead atoms. The molecular formula is C12H16N4O2S. The van der Waals surface area contributed by atoms with E-state index in [0.717, 1.165) is 5.56 Å². The third kappa shape index (κ3) is 3.12. The van der Waals surface area contributed by atoms with Crippen LogP contribution in [0.15, 0.2) is 35.5 Å². The zero-order chi connectivity index (χ0) is 13.9. The van der Waals surface area contributed by atoms with Crippen LogP contribution in [0.2, 0.25) is 0 Å². The number of hydrogen-bond donors (Lipinski definition) is 3. The molecule has 0 amide bonds. The maximum atomic E-state index is 12.3. The molecule has 0 radical (unpaired) electrons. The fourth-order valence-corrected chi connectivity index (χ4v) is 2.95. The normalized spacial score (nSPS) is 11.5. The first-order valence-corrected chi connectivity index (χ1v) is 7.27. The second-order valence-electron chi connectivity index (χ2n) is 4.23.